The Kier molecular flexibility index (Phi) is 2.67. The highest BCUT2D eigenvalue weighted by atomic mass is 19.1. The molecule has 1 N–H and O–H groups in total. The van der Waals surface area contributed by atoms with Crippen LogP contribution in [0.4, 0.5) is 4.39 Å². The van der Waals surface area contributed by atoms with E-state index in [1.54, 1.807) is 0 Å². The number of hydrogen-bond donors (Lipinski definition) is 1. The normalized spacial score (nSPS) is 10.6. The fourth-order valence-corrected chi connectivity index (χ4v) is 1.54. The average Bonchev–Trinajstić information content (AvgIpc) is 3.10. The number of rotatable bonds is 3. The molecule has 0 saturated heterocycles. The molecular weight excluding hydrogens is 253 g/mol. The Morgan fingerprint density at radius 2 is 2.26 bits per heavy atom. The van der Waals surface area contributed by atoms with Crippen molar-refractivity contribution < 1.29 is 13.7 Å². The largest absolute Gasteiger partial charge is 0.494 e. The van der Waals surface area contributed by atoms with Gasteiger partial charge in [-0.2, -0.15) is 10.1 Å². The summed E-state index contributed by atoms with van der Waals surface area (Å²) in [6.45, 7) is 0. The van der Waals surface area contributed by atoms with Gasteiger partial charge in [0.2, 0.25) is 5.82 Å². The van der Waals surface area contributed by atoms with E-state index in [4.69, 9.17) is 9.26 Å². The Labute approximate surface area is 106 Å². The van der Waals surface area contributed by atoms with Crippen LogP contribution in [0.25, 0.3) is 23.1 Å². The van der Waals surface area contributed by atoms with Crippen molar-refractivity contribution in [1.82, 2.24) is 25.3 Å². The number of benzene rings is 1. The first-order valence-electron chi connectivity index (χ1n) is 5.31. The summed E-state index contributed by atoms with van der Waals surface area (Å²) in [7, 11) is 1.38. The molecule has 3 rings (SSSR count). The maximum Gasteiger partial charge on any atom is 0.258 e. The van der Waals surface area contributed by atoms with Crippen LogP contribution in [-0.4, -0.2) is 32.4 Å². The molecule has 0 amide bonds. The zero-order valence-corrected chi connectivity index (χ0v) is 9.79. The fourth-order valence-electron chi connectivity index (χ4n) is 1.54. The van der Waals surface area contributed by atoms with Crippen molar-refractivity contribution >= 4 is 0 Å². The number of nitrogens with zero attached hydrogens (tertiary/aromatic N) is 4. The lowest BCUT2D eigenvalue weighted by atomic mass is 10.2. The zero-order chi connectivity index (χ0) is 13.2. The lowest BCUT2D eigenvalue weighted by Gasteiger charge is -2.02. The lowest BCUT2D eigenvalue weighted by molar-refractivity contribution is 0.386. The van der Waals surface area contributed by atoms with Crippen LogP contribution in [0.15, 0.2) is 29.0 Å². The number of nitrogens with one attached hydrogen (secondary N) is 1. The molecule has 0 spiro atoms. The van der Waals surface area contributed by atoms with Crippen LogP contribution >= 0.6 is 0 Å². The number of ether oxygens (including phenoxy) is 1. The summed E-state index contributed by atoms with van der Waals surface area (Å²) in [4.78, 5) is 8.04. The van der Waals surface area contributed by atoms with E-state index in [1.165, 1.54) is 31.6 Å². The van der Waals surface area contributed by atoms with Gasteiger partial charge in [0.1, 0.15) is 6.33 Å². The van der Waals surface area contributed by atoms with Crippen molar-refractivity contribution in [2.24, 2.45) is 0 Å². The predicted octanol–water partition coefficient (Wildman–Crippen LogP) is 1.67. The summed E-state index contributed by atoms with van der Waals surface area (Å²) in [6.07, 6.45) is 1.34. The van der Waals surface area contributed by atoms with E-state index in [2.05, 4.69) is 25.3 Å². The second kappa shape index (κ2) is 4.48. The van der Waals surface area contributed by atoms with E-state index in [0.717, 1.165) is 0 Å². The van der Waals surface area contributed by atoms with Crippen molar-refractivity contribution in [3.05, 3.63) is 30.3 Å². The summed E-state index contributed by atoms with van der Waals surface area (Å²) in [5.41, 5.74) is 0.552. The molecule has 0 atom stereocenters. The first-order chi connectivity index (χ1) is 9.28. The highest BCUT2D eigenvalue weighted by molar-refractivity contribution is 5.58. The summed E-state index contributed by atoms with van der Waals surface area (Å²) in [5.74, 6) is 0.558. The summed E-state index contributed by atoms with van der Waals surface area (Å²) in [6, 6.07) is 4.27. The van der Waals surface area contributed by atoms with E-state index in [0.29, 0.717) is 11.4 Å². The third-order valence-corrected chi connectivity index (χ3v) is 2.45. The van der Waals surface area contributed by atoms with Gasteiger partial charge < -0.3 is 9.26 Å². The van der Waals surface area contributed by atoms with E-state index in [-0.39, 0.29) is 17.5 Å². The van der Waals surface area contributed by atoms with Crippen LogP contribution in [0.2, 0.25) is 0 Å². The van der Waals surface area contributed by atoms with Crippen molar-refractivity contribution in [2.75, 3.05) is 7.11 Å². The predicted molar refractivity (Wildman–Crippen MR) is 61.6 cm³/mol. The average molecular weight is 261 g/mol. The Morgan fingerprint density at radius 1 is 1.37 bits per heavy atom. The molecule has 2 aromatic heterocycles. The summed E-state index contributed by atoms with van der Waals surface area (Å²) < 4.78 is 23.3. The first kappa shape index (κ1) is 11.3. The van der Waals surface area contributed by atoms with Gasteiger partial charge in [0.15, 0.2) is 17.4 Å². The highest BCUT2D eigenvalue weighted by Gasteiger charge is 2.14. The van der Waals surface area contributed by atoms with Crippen molar-refractivity contribution in [2.45, 2.75) is 0 Å². The molecule has 8 heteroatoms. The number of halogens is 1. The van der Waals surface area contributed by atoms with Crippen LogP contribution in [0.3, 0.4) is 0 Å². The minimum atomic E-state index is -0.457. The second-order valence-corrected chi connectivity index (χ2v) is 3.61. The minimum absolute atomic E-state index is 0.108. The Bertz CT molecular complexity index is 695. The molecule has 7 nitrogen and oxygen atoms in total. The molecule has 2 heterocycles. The summed E-state index contributed by atoms with van der Waals surface area (Å²) >= 11 is 0. The number of aromatic nitrogens is 5. The van der Waals surface area contributed by atoms with Crippen LogP contribution in [0.1, 0.15) is 0 Å². The maximum absolute atomic E-state index is 13.3. The SMILES string of the molecule is COc1cc(-c2nc(-c3ncn[nH]3)no2)ccc1F. The summed E-state index contributed by atoms with van der Waals surface area (Å²) in [5, 5.41) is 10.1. The topological polar surface area (TPSA) is 89.7 Å². The zero-order valence-electron chi connectivity index (χ0n) is 9.79. The third kappa shape index (κ3) is 2.03. The standard InChI is InChI=1S/C11H8FN5O2/c1-18-8-4-6(2-3-7(8)12)11-15-10(17-19-11)9-13-5-14-16-9/h2-5H,1H3,(H,13,14,16). The minimum Gasteiger partial charge on any atom is -0.494 e. The Morgan fingerprint density at radius 3 is 3.00 bits per heavy atom. The van der Waals surface area contributed by atoms with Gasteiger partial charge in [0, 0.05) is 5.56 Å². The molecule has 0 bridgehead atoms. The molecule has 96 valence electrons. The number of methoxy groups -OCH3 is 1. The van der Waals surface area contributed by atoms with Crippen molar-refractivity contribution in [3.63, 3.8) is 0 Å². The molecule has 3 aromatic rings. The van der Waals surface area contributed by atoms with Crippen LogP contribution in [-0.2, 0) is 0 Å². The molecule has 0 aliphatic rings. The first-order valence-corrected chi connectivity index (χ1v) is 5.31. The van der Waals surface area contributed by atoms with Gasteiger partial charge in [0.25, 0.3) is 5.89 Å². The molecule has 0 radical (unpaired) electrons. The van der Waals surface area contributed by atoms with Crippen molar-refractivity contribution in [3.8, 4) is 28.9 Å². The van der Waals surface area contributed by atoms with Crippen molar-refractivity contribution in [1.29, 1.82) is 0 Å². The molecule has 1 aromatic carbocycles. The Balaban J connectivity index is 1.99. The van der Waals surface area contributed by atoms with Gasteiger partial charge in [-0.05, 0) is 18.2 Å². The number of H-pyrrole nitrogens is 1. The van der Waals surface area contributed by atoms with Gasteiger partial charge in [0.05, 0.1) is 7.11 Å². The van der Waals surface area contributed by atoms with E-state index >= 15 is 0 Å². The number of aromatic amines is 1. The molecule has 0 aliphatic heterocycles. The van der Waals surface area contributed by atoms with Gasteiger partial charge >= 0.3 is 0 Å². The molecule has 0 unspecified atom stereocenters. The molecular formula is C11H8FN5O2. The quantitative estimate of drug-likeness (QED) is 0.771. The maximum atomic E-state index is 13.3. The molecule has 19 heavy (non-hydrogen) atoms. The van der Waals surface area contributed by atoms with Gasteiger partial charge in [-0.15, -0.1) is 0 Å². The second-order valence-electron chi connectivity index (χ2n) is 3.61. The highest BCUT2D eigenvalue weighted by Crippen LogP contribution is 2.26. The Hall–Kier alpha value is -2.77. The fraction of sp³-hybridized carbons (Fsp3) is 0.0909. The van der Waals surface area contributed by atoms with Gasteiger partial charge in [-0.25, -0.2) is 9.37 Å². The lowest BCUT2D eigenvalue weighted by Crippen LogP contribution is -1.89. The van der Waals surface area contributed by atoms with E-state index < -0.39 is 5.82 Å². The van der Waals surface area contributed by atoms with E-state index in [1.807, 2.05) is 0 Å². The van der Waals surface area contributed by atoms with E-state index in [9.17, 15) is 4.39 Å². The van der Waals surface area contributed by atoms with Gasteiger partial charge in [-0.3, -0.25) is 5.10 Å². The van der Waals surface area contributed by atoms with Crippen LogP contribution in [0, 0.1) is 5.82 Å². The third-order valence-electron chi connectivity index (χ3n) is 2.45. The van der Waals surface area contributed by atoms with Gasteiger partial charge in [-0.1, -0.05) is 5.16 Å². The molecule has 0 saturated carbocycles. The van der Waals surface area contributed by atoms with Crippen LogP contribution in [0.5, 0.6) is 5.75 Å². The molecule has 0 aliphatic carbocycles. The molecule has 0 fully saturated rings. The monoisotopic (exact) mass is 261 g/mol. The smallest absolute Gasteiger partial charge is 0.258 e. The van der Waals surface area contributed by atoms with Crippen LogP contribution < -0.4 is 4.74 Å². The number of hydrogen-bond acceptors (Lipinski definition) is 6.